The van der Waals surface area contributed by atoms with Crippen LogP contribution in [0.25, 0.3) is 0 Å². The predicted molar refractivity (Wildman–Crippen MR) is 99.1 cm³/mol. The zero-order valence-corrected chi connectivity index (χ0v) is 15.7. The molecule has 1 aromatic rings. The van der Waals surface area contributed by atoms with Gasteiger partial charge in [-0.05, 0) is 47.2 Å². The molecule has 0 saturated heterocycles. The third kappa shape index (κ3) is 8.05. The molecule has 118 valence electrons. The second kappa shape index (κ2) is 11.3. The van der Waals surface area contributed by atoms with Gasteiger partial charge in [-0.15, -0.1) is 0 Å². The van der Waals surface area contributed by atoms with E-state index in [9.17, 15) is 4.79 Å². The van der Waals surface area contributed by atoms with Crippen molar-refractivity contribution >= 4 is 40.1 Å². The third-order valence-electron chi connectivity index (χ3n) is 3.50. The average molecular weight is 422 g/mol. The standard InChI is InChI=1S/C17H25ClINO/c1-2-3-4-5-6-7-8-9-12-20-17(21)14-10-11-16(19)15(18)13-14/h10-11,13H,2-9,12H2,1H3,(H,20,21). The molecule has 0 unspecified atom stereocenters. The van der Waals surface area contributed by atoms with E-state index in [2.05, 4.69) is 34.8 Å². The molecule has 4 heteroatoms. The highest BCUT2D eigenvalue weighted by Gasteiger charge is 2.06. The lowest BCUT2D eigenvalue weighted by molar-refractivity contribution is 0.0953. The van der Waals surface area contributed by atoms with Gasteiger partial charge in [-0.1, -0.05) is 63.5 Å². The van der Waals surface area contributed by atoms with Gasteiger partial charge < -0.3 is 5.32 Å². The van der Waals surface area contributed by atoms with Crippen LogP contribution in [0.5, 0.6) is 0 Å². The fourth-order valence-electron chi connectivity index (χ4n) is 2.20. The van der Waals surface area contributed by atoms with Crippen LogP contribution in [-0.4, -0.2) is 12.5 Å². The molecule has 0 saturated carbocycles. The van der Waals surface area contributed by atoms with Crippen molar-refractivity contribution in [2.45, 2.75) is 58.3 Å². The van der Waals surface area contributed by atoms with Crippen molar-refractivity contribution in [3.8, 4) is 0 Å². The molecule has 0 aliphatic heterocycles. The van der Waals surface area contributed by atoms with Gasteiger partial charge >= 0.3 is 0 Å². The zero-order valence-electron chi connectivity index (χ0n) is 12.8. The van der Waals surface area contributed by atoms with Gasteiger partial charge in [-0.3, -0.25) is 4.79 Å². The zero-order chi connectivity index (χ0) is 15.5. The SMILES string of the molecule is CCCCCCCCCCNC(=O)c1ccc(I)c(Cl)c1. The summed E-state index contributed by atoms with van der Waals surface area (Å²) in [7, 11) is 0. The summed E-state index contributed by atoms with van der Waals surface area (Å²) >= 11 is 8.18. The van der Waals surface area contributed by atoms with Crippen molar-refractivity contribution in [2.24, 2.45) is 0 Å². The first-order valence-corrected chi connectivity index (χ1v) is 9.34. The maximum absolute atomic E-state index is 11.9. The van der Waals surface area contributed by atoms with Crippen molar-refractivity contribution in [1.29, 1.82) is 0 Å². The highest BCUT2D eigenvalue weighted by molar-refractivity contribution is 14.1. The quantitative estimate of drug-likeness (QED) is 0.374. The number of halogens is 2. The summed E-state index contributed by atoms with van der Waals surface area (Å²) in [6.45, 7) is 2.99. The molecule has 0 aliphatic rings. The van der Waals surface area contributed by atoms with Gasteiger partial charge in [0.25, 0.3) is 5.91 Å². The van der Waals surface area contributed by atoms with Crippen molar-refractivity contribution in [1.82, 2.24) is 5.32 Å². The Morgan fingerprint density at radius 2 is 1.71 bits per heavy atom. The van der Waals surface area contributed by atoms with Crippen LogP contribution in [0.15, 0.2) is 18.2 Å². The minimum atomic E-state index is -0.0313. The maximum Gasteiger partial charge on any atom is 0.251 e. The van der Waals surface area contributed by atoms with E-state index in [4.69, 9.17) is 11.6 Å². The molecule has 0 spiro atoms. The summed E-state index contributed by atoms with van der Waals surface area (Å²) < 4.78 is 0.967. The van der Waals surface area contributed by atoms with Crippen LogP contribution < -0.4 is 5.32 Å². The Morgan fingerprint density at radius 3 is 2.33 bits per heavy atom. The lowest BCUT2D eigenvalue weighted by atomic mass is 10.1. The lowest BCUT2D eigenvalue weighted by Crippen LogP contribution is -2.24. The number of nitrogens with one attached hydrogen (secondary N) is 1. The fraction of sp³-hybridized carbons (Fsp3) is 0.588. The average Bonchev–Trinajstić information content (AvgIpc) is 2.48. The normalized spacial score (nSPS) is 10.6. The molecule has 1 aromatic carbocycles. The molecule has 0 atom stereocenters. The second-order valence-electron chi connectivity index (χ2n) is 5.36. The Hall–Kier alpha value is -0.290. The summed E-state index contributed by atoms with van der Waals surface area (Å²) in [6, 6.07) is 5.41. The molecule has 2 nitrogen and oxygen atoms in total. The minimum Gasteiger partial charge on any atom is -0.352 e. The highest BCUT2D eigenvalue weighted by Crippen LogP contribution is 2.19. The van der Waals surface area contributed by atoms with Gasteiger partial charge in [0.15, 0.2) is 0 Å². The topological polar surface area (TPSA) is 29.1 Å². The Kier molecular flexibility index (Phi) is 10.1. The van der Waals surface area contributed by atoms with Crippen molar-refractivity contribution < 1.29 is 4.79 Å². The highest BCUT2D eigenvalue weighted by atomic mass is 127. The van der Waals surface area contributed by atoms with Crippen LogP contribution in [0.2, 0.25) is 5.02 Å². The van der Waals surface area contributed by atoms with Crippen molar-refractivity contribution in [2.75, 3.05) is 6.54 Å². The van der Waals surface area contributed by atoms with Crippen molar-refractivity contribution in [3.63, 3.8) is 0 Å². The summed E-state index contributed by atoms with van der Waals surface area (Å²) in [6.07, 6.45) is 10.2. The molecule has 0 fully saturated rings. The maximum atomic E-state index is 11.9. The van der Waals surface area contributed by atoms with E-state index >= 15 is 0 Å². The van der Waals surface area contributed by atoms with Crippen molar-refractivity contribution in [3.05, 3.63) is 32.4 Å². The molecule has 0 bridgehead atoms. The number of hydrogen-bond donors (Lipinski definition) is 1. The second-order valence-corrected chi connectivity index (χ2v) is 6.93. The molecule has 0 heterocycles. The van der Waals surface area contributed by atoms with E-state index < -0.39 is 0 Å². The van der Waals surface area contributed by atoms with E-state index in [1.165, 1.54) is 44.9 Å². The number of carbonyl (C=O) groups excluding carboxylic acids is 1. The third-order valence-corrected chi connectivity index (χ3v) is 5.07. The minimum absolute atomic E-state index is 0.0313. The smallest absolute Gasteiger partial charge is 0.251 e. The molecule has 0 aromatic heterocycles. The van der Waals surface area contributed by atoms with Crippen LogP contribution in [0, 0.1) is 3.57 Å². The molecule has 1 rings (SSSR count). The number of benzene rings is 1. The Morgan fingerprint density at radius 1 is 1.10 bits per heavy atom. The van der Waals surface area contributed by atoms with Gasteiger partial charge in [0.05, 0.1) is 5.02 Å². The van der Waals surface area contributed by atoms with Crippen LogP contribution in [0.4, 0.5) is 0 Å². The van der Waals surface area contributed by atoms with E-state index in [0.717, 1.165) is 16.5 Å². The van der Waals surface area contributed by atoms with Gasteiger partial charge in [0, 0.05) is 15.7 Å². The summed E-state index contributed by atoms with van der Waals surface area (Å²) in [4.78, 5) is 11.9. The fourth-order valence-corrected chi connectivity index (χ4v) is 2.72. The Bertz CT molecular complexity index is 437. The Labute approximate surface area is 147 Å². The van der Waals surface area contributed by atoms with Gasteiger partial charge in [0.1, 0.15) is 0 Å². The number of carbonyl (C=O) groups is 1. The van der Waals surface area contributed by atoms with Crippen LogP contribution in [0.1, 0.15) is 68.6 Å². The van der Waals surface area contributed by atoms with Gasteiger partial charge in [-0.2, -0.15) is 0 Å². The van der Waals surface area contributed by atoms with E-state index in [1.807, 2.05) is 12.1 Å². The first-order valence-electron chi connectivity index (χ1n) is 7.88. The number of hydrogen-bond acceptors (Lipinski definition) is 1. The summed E-state index contributed by atoms with van der Waals surface area (Å²) in [5.41, 5.74) is 0.639. The molecule has 1 N–H and O–H groups in total. The molecule has 0 radical (unpaired) electrons. The number of unbranched alkanes of at least 4 members (excludes halogenated alkanes) is 7. The van der Waals surface area contributed by atoms with E-state index in [0.29, 0.717) is 10.6 Å². The first kappa shape index (κ1) is 18.8. The lowest BCUT2D eigenvalue weighted by Gasteiger charge is -2.06. The molecular formula is C17H25ClINO. The van der Waals surface area contributed by atoms with E-state index in [-0.39, 0.29) is 5.91 Å². The summed E-state index contributed by atoms with van der Waals surface area (Å²) in [5.74, 6) is -0.0313. The molecule has 1 amide bonds. The number of amides is 1. The molecule has 0 aliphatic carbocycles. The first-order chi connectivity index (χ1) is 10.1. The van der Waals surface area contributed by atoms with E-state index in [1.54, 1.807) is 6.07 Å². The monoisotopic (exact) mass is 421 g/mol. The predicted octanol–water partition coefficient (Wildman–Crippen LogP) is 5.82. The Balaban J connectivity index is 2.09. The summed E-state index contributed by atoms with van der Waals surface area (Å²) in [5, 5.41) is 3.59. The van der Waals surface area contributed by atoms with Crippen LogP contribution in [-0.2, 0) is 0 Å². The molecular weight excluding hydrogens is 397 g/mol. The molecule has 21 heavy (non-hydrogen) atoms. The van der Waals surface area contributed by atoms with Gasteiger partial charge in [-0.25, -0.2) is 0 Å². The van der Waals surface area contributed by atoms with Crippen LogP contribution in [0.3, 0.4) is 0 Å². The van der Waals surface area contributed by atoms with Gasteiger partial charge in [0.2, 0.25) is 0 Å². The largest absolute Gasteiger partial charge is 0.352 e. The van der Waals surface area contributed by atoms with Crippen LogP contribution >= 0.6 is 34.2 Å². The number of rotatable bonds is 10.